The minimum absolute atomic E-state index is 0.0105. The molecule has 10 amide bonds. The number of hydrogen-bond acceptors (Lipinski definition) is 35. The Hall–Kier alpha value is -11.5. The number of aliphatic hydroxyl groups is 2. The quantitative estimate of drug-likeness (QED) is 0.0173. The Morgan fingerprint density at radius 3 is 0.835 bits per heavy atom. The van der Waals surface area contributed by atoms with Crippen molar-refractivity contribution in [1.29, 1.82) is 0 Å². The molecule has 5 aliphatic rings. The zero-order valence-electron chi connectivity index (χ0n) is 55.5. The maximum absolute atomic E-state index is 12.6. The molecular formula is C61H61N5O39S4. The molecule has 44 nitrogen and oxygen atoms in total. The molecule has 4 aromatic carbocycles. The topological polar surface area (TPSA) is 641 Å². The second-order valence-electron chi connectivity index (χ2n) is 23.0. The lowest BCUT2D eigenvalue weighted by molar-refractivity contribution is -0.173. The number of amides is 10. The molecule has 0 bridgehead atoms. The van der Waals surface area contributed by atoms with Crippen LogP contribution < -0.4 is 9.47 Å². The van der Waals surface area contributed by atoms with Crippen molar-refractivity contribution >= 4 is 136 Å². The number of ether oxygens (including phenoxy) is 4. The van der Waals surface area contributed by atoms with Gasteiger partial charge in [-0.1, -0.05) is 0 Å². The number of imide groups is 5. The van der Waals surface area contributed by atoms with Crippen LogP contribution in [0.25, 0.3) is 0 Å². The summed E-state index contributed by atoms with van der Waals surface area (Å²) < 4.78 is 139. The zero-order chi connectivity index (χ0) is 81.0. The Kier molecular flexibility index (Phi) is 30.0. The van der Waals surface area contributed by atoms with Crippen LogP contribution >= 0.6 is 0 Å². The first-order valence-corrected chi connectivity index (χ1v) is 36.6. The number of carboxylic acid groups (broad SMARTS) is 4. The van der Waals surface area contributed by atoms with Crippen molar-refractivity contribution in [3.8, 4) is 23.0 Å². The van der Waals surface area contributed by atoms with Crippen LogP contribution in [-0.4, -0.2) is 217 Å². The molecule has 5 atom stereocenters. The molecule has 7 N–H and O–H groups in total. The number of aliphatic carboxylic acids is 4. The smallest absolute Gasteiger partial charge is 0.318 e. The highest BCUT2D eigenvalue weighted by Gasteiger charge is 2.47. The van der Waals surface area contributed by atoms with Crippen molar-refractivity contribution in [3.63, 3.8) is 0 Å². The predicted molar refractivity (Wildman–Crippen MR) is 341 cm³/mol. The number of hydroxylamine groups is 10. The molecule has 0 radical (unpaired) electrons. The van der Waals surface area contributed by atoms with Gasteiger partial charge in [-0.3, -0.25) is 81.9 Å². The summed E-state index contributed by atoms with van der Waals surface area (Å²) >= 11 is 0. The van der Waals surface area contributed by atoms with Gasteiger partial charge in [-0.2, -0.15) is 38.7 Å². The van der Waals surface area contributed by atoms with Crippen LogP contribution in [0.5, 0.6) is 23.0 Å². The number of carbonyl (C=O) groups excluding carboxylic acids is 12. The molecule has 48 heteroatoms. The Morgan fingerprint density at radius 2 is 0.615 bits per heavy atom. The number of hydrogen-bond donors (Lipinski definition) is 7. The Balaban J connectivity index is 0.000000259. The predicted octanol–water partition coefficient (Wildman–Crippen LogP) is -0.698. The van der Waals surface area contributed by atoms with Gasteiger partial charge in [0.25, 0.3) is 72.0 Å². The first kappa shape index (κ1) is 86.4. The fourth-order valence-electron chi connectivity index (χ4n) is 9.84. The number of carboxylic acids is 4. The van der Waals surface area contributed by atoms with E-state index in [-0.39, 0.29) is 136 Å². The highest BCUT2D eigenvalue weighted by Crippen LogP contribution is 2.34. The first-order chi connectivity index (χ1) is 51.1. The van der Waals surface area contributed by atoms with E-state index in [1.165, 1.54) is 48.5 Å². The van der Waals surface area contributed by atoms with Crippen molar-refractivity contribution < 1.29 is 182 Å². The maximum Gasteiger partial charge on any atom is 0.318 e. The monoisotopic (exact) mass is 1620 g/mol. The fourth-order valence-corrected chi connectivity index (χ4v) is 13.5. The van der Waals surface area contributed by atoms with Gasteiger partial charge in [0.2, 0.25) is 0 Å². The average molecular weight is 1620 g/mol. The van der Waals surface area contributed by atoms with E-state index >= 15 is 0 Å². The minimum Gasteiger partial charge on any atom is -0.481 e. The number of benzene rings is 4. The van der Waals surface area contributed by atoms with Crippen LogP contribution in [0.3, 0.4) is 0 Å². The second-order valence-corrected chi connectivity index (χ2v) is 29.1. The van der Waals surface area contributed by atoms with Gasteiger partial charge in [0, 0.05) is 51.2 Å². The van der Waals surface area contributed by atoms with E-state index in [2.05, 4.69) is 18.0 Å². The van der Waals surface area contributed by atoms with Crippen LogP contribution in [0.1, 0.15) is 70.6 Å². The molecule has 588 valence electrons. The van der Waals surface area contributed by atoms with Crippen LogP contribution in [0.2, 0.25) is 0 Å². The molecule has 0 saturated carbocycles. The van der Waals surface area contributed by atoms with Crippen molar-refractivity contribution in [2.45, 2.75) is 90.2 Å². The summed E-state index contributed by atoms with van der Waals surface area (Å²) in [7, 11) is -18.5. The summed E-state index contributed by atoms with van der Waals surface area (Å²) in [4.78, 5) is 178. The van der Waals surface area contributed by atoms with Gasteiger partial charge in [0.05, 0.1) is 88.1 Å². The van der Waals surface area contributed by atoms with E-state index in [0.29, 0.717) is 0 Å². The molecule has 5 saturated heterocycles. The van der Waals surface area contributed by atoms with Crippen LogP contribution in [0.4, 0.5) is 0 Å². The SMILES string of the molecule is O=C(O)CC1CC(=O)N(O)C1=O.O=C(O)CC1CC(=O)N(OS(=O)(=O)c2ccc(Oc3ccc(S(=O)(=O)ON4C(=O)CC(CC(=O)O)C4=O)cc3)cc2)C1=O.O=C1CC(CCO)C(=O)N1OS(=O)(=O)c1ccc(Oc2ccc(S(=O)(=O)ON3C(=O)CC(CCO)C3=O)cc2)cc1.O=COCC(COC=O)CC(=O)O. The normalized spacial score (nSPS) is 18.8. The molecule has 5 aliphatic heterocycles. The van der Waals surface area contributed by atoms with Gasteiger partial charge in [-0.15, -0.1) is 37.4 Å². The molecule has 5 fully saturated rings. The molecule has 5 unspecified atom stereocenters. The number of aliphatic hydroxyl groups excluding tert-OH is 2. The first-order valence-electron chi connectivity index (χ1n) is 30.9. The largest absolute Gasteiger partial charge is 0.481 e. The molecule has 9 rings (SSSR count). The summed E-state index contributed by atoms with van der Waals surface area (Å²) in [5, 5.41) is 61.4. The Labute approximate surface area is 613 Å². The summed E-state index contributed by atoms with van der Waals surface area (Å²) in [6.45, 7) is -0.408. The lowest BCUT2D eigenvalue weighted by atomic mass is 10.0. The van der Waals surface area contributed by atoms with Gasteiger partial charge < -0.3 is 49.6 Å². The number of nitrogens with zero attached hydrogens (tertiary/aromatic N) is 5. The Morgan fingerprint density at radius 1 is 0.376 bits per heavy atom. The molecule has 0 aromatic heterocycles. The third-order valence-electron chi connectivity index (χ3n) is 15.1. The van der Waals surface area contributed by atoms with Crippen LogP contribution in [-0.2, 0) is 144 Å². The van der Waals surface area contributed by atoms with Crippen molar-refractivity contribution in [3.05, 3.63) is 97.1 Å². The van der Waals surface area contributed by atoms with Gasteiger partial charge in [-0.25, -0.2) is 0 Å². The minimum atomic E-state index is -4.68. The average Bonchev–Trinajstić information content (AvgIpc) is 1.73. The van der Waals surface area contributed by atoms with Gasteiger partial charge in [0.1, 0.15) is 23.0 Å². The molecule has 0 aliphatic carbocycles. The summed E-state index contributed by atoms with van der Waals surface area (Å²) in [6.07, 6.45) is -3.85. The fraction of sp³-hybridized carbons (Fsp3) is 0.344. The second kappa shape index (κ2) is 37.9. The van der Waals surface area contributed by atoms with E-state index in [1.54, 1.807) is 0 Å². The van der Waals surface area contributed by atoms with Crippen LogP contribution in [0.15, 0.2) is 117 Å². The van der Waals surface area contributed by atoms with E-state index in [9.17, 15) is 110 Å². The molecule has 5 heterocycles. The van der Waals surface area contributed by atoms with Gasteiger partial charge in [0.15, 0.2) is 0 Å². The van der Waals surface area contributed by atoms with Gasteiger partial charge >= 0.3 is 64.3 Å². The standard InChI is InChI=1S/C24H20N2O15S2.C24H24N2O13S2.C7H10O6.C6H7NO5/c27-19-9-13(11-21(29)30)23(33)25(19)40-42(35,36)17-5-1-15(2-6-17)39-16-3-7-18(8-4-16)43(37,38)41-26-20(28)10-14(24(26)34)12-22(31)32;27-11-9-15-13-21(29)25(23(15)31)38-40(33,34)19-5-1-17(2-6-19)37-18-3-7-20(8-4-18)41(35,36)39-26-22(30)14-16(10-12-28)24(26)32;8-4-12-2-6(1-7(10)11)3-13-5-9;8-4-1-3(2-5(9)10)6(11)7(4)12/h1-8,13-14H,9-12H2,(H,29,30)(H,31,32);1-8,15-16,27-28H,9-14H2;4-6H,1-3H2,(H,10,11);3,12H,1-2H2,(H,9,10). The highest BCUT2D eigenvalue weighted by atomic mass is 32.2. The third kappa shape index (κ3) is 23.8. The number of rotatable bonds is 34. The number of carbonyl (C=O) groups is 16. The summed E-state index contributed by atoms with van der Waals surface area (Å²) in [5.41, 5.74) is 0. The highest BCUT2D eigenvalue weighted by molar-refractivity contribution is 7.87. The van der Waals surface area contributed by atoms with E-state index in [4.69, 9.17) is 53.9 Å². The molecule has 109 heavy (non-hydrogen) atoms. The molecule has 0 spiro atoms. The lowest BCUT2D eigenvalue weighted by Gasteiger charge is -2.14. The van der Waals surface area contributed by atoms with Gasteiger partial charge in [-0.05, 0) is 110 Å². The van der Waals surface area contributed by atoms with E-state index in [0.717, 1.165) is 48.5 Å². The summed E-state index contributed by atoms with van der Waals surface area (Å²) in [5.74, 6) is -19.4. The van der Waals surface area contributed by atoms with Crippen molar-refractivity contribution in [2.24, 2.45) is 35.5 Å². The van der Waals surface area contributed by atoms with Crippen molar-refractivity contribution in [1.82, 2.24) is 25.3 Å². The zero-order valence-corrected chi connectivity index (χ0v) is 58.8. The van der Waals surface area contributed by atoms with E-state index in [1.807, 2.05) is 0 Å². The van der Waals surface area contributed by atoms with Crippen LogP contribution in [0, 0.1) is 35.5 Å². The summed E-state index contributed by atoms with van der Waals surface area (Å²) in [6, 6.07) is 18.2. The lowest BCUT2D eigenvalue weighted by Crippen LogP contribution is -2.33. The molecule has 4 aromatic rings. The Bertz CT molecular complexity index is 4400. The third-order valence-corrected chi connectivity index (χ3v) is 19.9. The maximum atomic E-state index is 12.6. The van der Waals surface area contributed by atoms with E-state index < -0.39 is 201 Å². The molecular weight excluding hydrogens is 1550 g/mol. The van der Waals surface area contributed by atoms with Crippen molar-refractivity contribution in [2.75, 3.05) is 26.4 Å².